The van der Waals surface area contributed by atoms with Gasteiger partial charge < -0.3 is 9.47 Å². The topological polar surface area (TPSA) is 48.4 Å². The van der Waals surface area contributed by atoms with Gasteiger partial charge in [0.15, 0.2) is 0 Å². The first-order valence-electron chi connectivity index (χ1n) is 5.98. The van der Waals surface area contributed by atoms with E-state index in [0.717, 1.165) is 31.4 Å². The lowest BCUT2D eigenvalue weighted by Gasteiger charge is -2.28. The first-order valence-corrected chi connectivity index (χ1v) is 5.98. The number of nitrogens with zero attached hydrogens (tertiary/aromatic N) is 1. The van der Waals surface area contributed by atoms with Gasteiger partial charge in [0.2, 0.25) is 0 Å². The molecule has 0 unspecified atom stereocenters. The van der Waals surface area contributed by atoms with E-state index < -0.39 is 0 Å². The normalized spacial score (nSPS) is 24.1. The van der Waals surface area contributed by atoms with Crippen LogP contribution in [0.15, 0.2) is 24.5 Å². The summed E-state index contributed by atoms with van der Waals surface area (Å²) in [6, 6.07) is 3.72. The van der Waals surface area contributed by atoms with Crippen LogP contribution in [0.25, 0.3) is 0 Å². The standard InChI is InChI=1S/C13H17NO3/c1-10(15)16-11-2-4-12(5-3-11)17-13-6-8-14-9-7-13/h6-9,11-12H,2-5H2,1H3. The molecule has 0 radical (unpaired) electrons. The summed E-state index contributed by atoms with van der Waals surface area (Å²) in [5.74, 6) is 0.666. The molecular weight excluding hydrogens is 218 g/mol. The molecule has 0 bridgehead atoms. The average Bonchev–Trinajstić information content (AvgIpc) is 2.32. The van der Waals surface area contributed by atoms with Gasteiger partial charge in [0.1, 0.15) is 11.9 Å². The molecule has 2 rings (SSSR count). The third kappa shape index (κ3) is 3.73. The van der Waals surface area contributed by atoms with Crippen LogP contribution in [0, 0.1) is 0 Å². The van der Waals surface area contributed by atoms with Crippen molar-refractivity contribution in [3.05, 3.63) is 24.5 Å². The van der Waals surface area contributed by atoms with Crippen molar-refractivity contribution in [3.8, 4) is 5.75 Å². The van der Waals surface area contributed by atoms with E-state index >= 15 is 0 Å². The van der Waals surface area contributed by atoms with Crippen LogP contribution in [-0.2, 0) is 9.53 Å². The molecule has 1 aliphatic rings. The zero-order valence-corrected chi connectivity index (χ0v) is 9.96. The maximum absolute atomic E-state index is 10.8. The van der Waals surface area contributed by atoms with Gasteiger partial charge in [0, 0.05) is 19.3 Å². The lowest BCUT2D eigenvalue weighted by atomic mass is 9.95. The van der Waals surface area contributed by atoms with Crippen molar-refractivity contribution in [1.29, 1.82) is 0 Å². The molecule has 17 heavy (non-hydrogen) atoms. The van der Waals surface area contributed by atoms with Crippen LogP contribution in [0.4, 0.5) is 0 Å². The molecule has 4 nitrogen and oxygen atoms in total. The van der Waals surface area contributed by atoms with Gasteiger partial charge in [-0.3, -0.25) is 9.78 Å². The van der Waals surface area contributed by atoms with Gasteiger partial charge in [-0.25, -0.2) is 0 Å². The summed E-state index contributed by atoms with van der Waals surface area (Å²) in [5.41, 5.74) is 0. The van der Waals surface area contributed by atoms with Gasteiger partial charge in [-0.15, -0.1) is 0 Å². The average molecular weight is 235 g/mol. The van der Waals surface area contributed by atoms with Crippen LogP contribution in [0.1, 0.15) is 32.6 Å². The van der Waals surface area contributed by atoms with Crippen LogP contribution < -0.4 is 4.74 Å². The van der Waals surface area contributed by atoms with Gasteiger partial charge in [-0.05, 0) is 37.8 Å². The molecule has 0 amide bonds. The maximum Gasteiger partial charge on any atom is 0.302 e. The van der Waals surface area contributed by atoms with Crippen molar-refractivity contribution in [2.24, 2.45) is 0 Å². The van der Waals surface area contributed by atoms with Crippen molar-refractivity contribution in [3.63, 3.8) is 0 Å². The quantitative estimate of drug-likeness (QED) is 0.754. The van der Waals surface area contributed by atoms with Crippen molar-refractivity contribution in [1.82, 2.24) is 4.98 Å². The number of carbonyl (C=O) groups excluding carboxylic acids is 1. The highest BCUT2D eigenvalue weighted by Gasteiger charge is 2.24. The van der Waals surface area contributed by atoms with Crippen LogP contribution in [0.2, 0.25) is 0 Å². The van der Waals surface area contributed by atoms with Crippen molar-refractivity contribution >= 4 is 5.97 Å². The van der Waals surface area contributed by atoms with Crippen LogP contribution in [0.5, 0.6) is 5.75 Å². The molecule has 1 aromatic rings. The molecule has 92 valence electrons. The fraction of sp³-hybridized carbons (Fsp3) is 0.538. The minimum Gasteiger partial charge on any atom is -0.490 e. The summed E-state index contributed by atoms with van der Waals surface area (Å²) in [6.07, 6.45) is 7.37. The maximum atomic E-state index is 10.8. The van der Waals surface area contributed by atoms with E-state index in [1.54, 1.807) is 12.4 Å². The summed E-state index contributed by atoms with van der Waals surface area (Å²) in [4.78, 5) is 14.8. The number of rotatable bonds is 3. The van der Waals surface area contributed by atoms with E-state index in [1.807, 2.05) is 12.1 Å². The summed E-state index contributed by atoms with van der Waals surface area (Å²) >= 11 is 0. The van der Waals surface area contributed by atoms with Crippen molar-refractivity contribution in [2.45, 2.75) is 44.8 Å². The first-order chi connectivity index (χ1) is 8.24. The Morgan fingerprint density at radius 3 is 2.35 bits per heavy atom. The third-order valence-corrected chi connectivity index (χ3v) is 2.91. The predicted octanol–water partition coefficient (Wildman–Crippen LogP) is 2.33. The molecule has 1 aliphatic carbocycles. The van der Waals surface area contributed by atoms with E-state index in [1.165, 1.54) is 6.92 Å². The minimum atomic E-state index is -0.191. The van der Waals surface area contributed by atoms with Gasteiger partial charge >= 0.3 is 5.97 Å². The van der Waals surface area contributed by atoms with E-state index in [9.17, 15) is 4.79 Å². The summed E-state index contributed by atoms with van der Waals surface area (Å²) in [6.45, 7) is 1.46. The first kappa shape index (κ1) is 11.9. The molecule has 0 spiro atoms. The predicted molar refractivity (Wildman–Crippen MR) is 62.7 cm³/mol. The van der Waals surface area contributed by atoms with E-state index in [2.05, 4.69) is 4.98 Å². The summed E-state index contributed by atoms with van der Waals surface area (Å²) in [7, 11) is 0. The Morgan fingerprint density at radius 2 is 1.76 bits per heavy atom. The Balaban J connectivity index is 1.78. The van der Waals surface area contributed by atoms with E-state index in [0.29, 0.717) is 0 Å². The van der Waals surface area contributed by atoms with Gasteiger partial charge in [0.05, 0.1) is 6.10 Å². The SMILES string of the molecule is CC(=O)OC1CCC(Oc2ccncc2)CC1. The Labute approximate surface area is 101 Å². The minimum absolute atomic E-state index is 0.0739. The third-order valence-electron chi connectivity index (χ3n) is 2.91. The zero-order chi connectivity index (χ0) is 12.1. The summed E-state index contributed by atoms with van der Waals surface area (Å²) < 4.78 is 11.0. The lowest BCUT2D eigenvalue weighted by Crippen LogP contribution is -2.29. The molecule has 0 aliphatic heterocycles. The number of hydrogen-bond acceptors (Lipinski definition) is 4. The Kier molecular flexibility index (Phi) is 3.96. The largest absolute Gasteiger partial charge is 0.490 e. The molecule has 1 saturated carbocycles. The lowest BCUT2D eigenvalue weighted by molar-refractivity contribution is -0.148. The smallest absolute Gasteiger partial charge is 0.302 e. The van der Waals surface area contributed by atoms with Gasteiger partial charge in [-0.2, -0.15) is 0 Å². The Hall–Kier alpha value is -1.58. The second kappa shape index (κ2) is 5.66. The molecule has 1 fully saturated rings. The van der Waals surface area contributed by atoms with E-state index in [-0.39, 0.29) is 18.2 Å². The van der Waals surface area contributed by atoms with Crippen molar-refractivity contribution < 1.29 is 14.3 Å². The number of pyridine rings is 1. The second-order valence-corrected chi connectivity index (χ2v) is 4.31. The Morgan fingerprint density at radius 1 is 1.18 bits per heavy atom. The van der Waals surface area contributed by atoms with Crippen LogP contribution in [0.3, 0.4) is 0 Å². The van der Waals surface area contributed by atoms with Crippen LogP contribution >= 0.6 is 0 Å². The molecule has 1 aromatic heterocycles. The van der Waals surface area contributed by atoms with Crippen molar-refractivity contribution in [2.75, 3.05) is 0 Å². The highest BCUT2D eigenvalue weighted by Crippen LogP contribution is 2.25. The monoisotopic (exact) mass is 235 g/mol. The Bertz CT molecular complexity index is 358. The molecule has 0 atom stereocenters. The van der Waals surface area contributed by atoms with Gasteiger partial charge in [-0.1, -0.05) is 0 Å². The number of carbonyl (C=O) groups is 1. The molecule has 4 heteroatoms. The molecule has 0 N–H and O–H groups in total. The highest BCUT2D eigenvalue weighted by molar-refractivity contribution is 5.66. The molecule has 1 heterocycles. The van der Waals surface area contributed by atoms with Crippen LogP contribution in [-0.4, -0.2) is 23.2 Å². The molecule has 0 aromatic carbocycles. The fourth-order valence-electron chi connectivity index (χ4n) is 2.11. The van der Waals surface area contributed by atoms with E-state index in [4.69, 9.17) is 9.47 Å². The summed E-state index contributed by atoms with van der Waals surface area (Å²) in [5, 5.41) is 0. The fourth-order valence-corrected chi connectivity index (χ4v) is 2.11. The highest BCUT2D eigenvalue weighted by atomic mass is 16.5. The molecule has 0 saturated heterocycles. The number of hydrogen-bond donors (Lipinski definition) is 0. The number of esters is 1. The zero-order valence-electron chi connectivity index (χ0n) is 9.96. The number of aromatic nitrogens is 1. The van der Waals surface area contributed by atoms with Gasteiger partial charge in [0.25, 0.3) is 0 Å². The molecular formula is C13H17NO3. The number of ether oxygens (including phenoxy) is 2. The second-order valence-electron chi connectivity index (χ2n) is 4.31.